The summed E-state index contributed by atoms with van der Waals surface area (Å²) in [5.41, 5.74) is 1.56. The molecule has 2 aromatic rings. The predicted molar refractivity (Wildman–Crippen MR) is 72.0 cm³/mol. The molecule has 0 spiro atoms. The van der Waals surface area contributed by atoms with E-state index in [1.54, 1.807) is 23.0 Å². The summed E-state index contributed by atoms with van der Waals surface area (Å²) in [5, 5.41) is 7.88. The summed E-state index contributed by atoms with van der Waals surface area (Å²) in [7, 11) is 1.61. The molecule has 6 nitrogen and oxygen atoms in total. The van der Waals surface area contributed by atoms with Crippen molar-refractivity contribution in [2.24, 2.45) is 0 Å². The highest BCUT2D eigenvalue weighted by atomic mass is 35.7. The fourth-order valence-electron chi connectivity index (χ4n) is 1.76. The van der Waals surface area contributed by atoms with Crippen molar-refractivity contribution in [1.29, 1.82) is 0 Å². The summed E-state index contributed by atoms with van der Waals surface area (Å²) in [6, 6.07) is 5.40. The van der Waals surface area contributed by atoms with Gasteiger partial charge in [-0.3, -0.25) is 4.98 Å². The molecule has 0 unspecified atom stereocenters. The molecule has 0 atom stereocenters. The van der Waals surface area contributed by atoms with Crippen LogP contribution in [0.4, 0.5) is 0 Å². The molecule has 0 amide bonds. The Morgan fingerprint density at radius 2 is 2.16 bits per heavy atom. The van der Waals surface area contributed by atoms with E-state index in [-0.39, 0.29) is 5.75 Å². The van der Waals surface area contributed by atoms with Gasteiger partial charge in [0.2, 0.25) is 9.05 Å². The summed E-state index contributed by atoms with van der Waals surface area (Å²) in [6.07, 6.45) is 2.49. The standard InChI is InChI=1S/C11H13ClN4O2S/c1-2-7-16-11(9-5-3-4-6-13-9)10(14-15-16)8-19(12,17)18/h3-6H,2,7-8H2,1H3. The quantitative estimate of drug-likeness (QED) is 0.787. The van der Waals surface area contributed by atoms with Crippen molar-refractivity contribution in [2.75, 3.05) is 0 Å². The lowest BCUT2D eigenvalue weighted by Gasteiger charge is -2.05. The van der Waals surface area contributed by atoms with Gasteiger partial charge < -0.3 is 0 Å². The summed E-state index contributed by atoms with van der Waals surface area (Å²) in [6.45, 7) is 2.64. The van der Waals surface area contributed by atoms with E-state index in [2.05, 4.69) is 15.3 Å². The van der Waals surface area contributed by atoms with E-state index in [9.17, 15) is 8.42 Å². The molecule has 0 saturated heterocycles. The normalized spacial score (nSPS) is 11.7. The monoisotopic (exact) mass is 300 g/mol. The summed E-state index contributed by atoms with van der Waals surface area (Å²) >= 11 is 0. The fourth-order valence-corrected chi connectivity index (χ4v) is 2.59. The third kappa shape index (κ3) is 3.51. The van der Waals surface area contributed by atoms with Crippen molar-refractivity contribution in [3.8, 4) is 11.4 Å². The van der Waals surface area contributed by atoms with Crippen LogP contribution in [0.1, 0.15) is 19.0 Å². The van der Waals surface area contributed by atoms with Gasteiger partial charge in [-0.05, 0) is 18.6 Å². The van der Waals surface area contributed by atoms with Crippen molar-refractivity contribution in [1.82, 2.24) is 20.0 Å². The van der Waals surface area contributed by atoms with Crippen LogP contribution in [-0.4, -0.2) is 28.4 Å². The Balaban J connectivity index is 2.51. The van der Waals surface area contributed by atoms with Crippen molar-refractivity contribution in [3.05, 3.63) is 30.1 Å². The zero-order valence-electron chi connectivity index (χ0n) is 10.3. The maximum absolute atomic E-state index is 11.2. The minimum Gasteiger partial charge on any atom is -0.255 e. The van der Waals surface area contributed by atoms with Gasteiger partial charge in [0, 0.05) is 23.4 Å². The van der Waals surface area contributed by atoms with Crippen molar-refractivity contribution < 1.29 is 8.42 Å². The number of halogens is 1. The molecule has 0 radical (unpaired) electrons. The van der Waals surface area contributed by atoms with Gasteiger partial charge in [-0.1, -0.05) is 18.2 Å². The number of pyridine rings is 1. The molecule has 0 aromatic carbocycles. The highest BCUT2D eigenvalue weighted by Crippen LogP contribution is 2.22. The first-order chi connectivity index (χ1) is 9.01. The van der Waals surface area contributed by atoms with Gasteiger partial charge in [0.05, 0.1) is 5.69 Å². The Hall–Kier alpha value is -1.47. The van der Waals surface area contributed by atoms with Gasteiger partial charge in [-0.25, -0.2) is 13.1 Å². The van der Waals surface area contributed by atoms with Gasteiger partial charge in [-0.15, -0.1) is 5.10 Å². The number of nitrogens with zero attached hydrogens (tertiary/aromatic N) is 4. The van der Waals surface area contributed by atoms with E-state index in [0.717, 1.165) is 6.42 Å². The first-order valence-corrected chi connectivity index (χ1v) is 8.25. The van der Waals surface area contributed by atoms with Gasteiger partial charge in [0.15, 0.2) is 0 Å². The van der Waals surface area contributed by atoms with Crippen LogP contribution in [0, 0.1) is 0 Å². The lowest BCUT2D eigenvalue weighted by atomic mass is 10.2. The van der Waals surface area contributed by atoms with Crippen LogP contribution in [0.5, 0.6) is 0 Å². The highest BCUT2D eigenvalue weighted by Gasteiger charge is 2.20. The lowest BCUT2D eigenvalue weighted by molar-refractivity contribution is 0.583. The molecule has 2 aromatic heterocycles. The van der Waals surface area contributed by atoms with Crippen LogP contribution < -0.4 is 0 Å². The number of aryl methyl sites for hydroxylation is 1. The maximum atomic E-state index is 11.2. The minimum atomic E-state index is -3.68. The fraction of sp³-hybridized carbons (Fsp3) is 0.364. The zero-order valence-corrected chi connectivity index (χ0v) is 11.9. The molecule has 0 aliphatic rings. The maximum Gasteiger partial charge on any atom is 0.238 e. The lowest BCUT2D eigenvalue weighted by Crippen LogP contribution is -2.04. The Labute approximate surface area is 115 Å². The van der Waals surface area contributed by atoms with Crippen molar-refractivity contribution in [3.63, 3.8) is 0 Å². The zero-order chi connectivity index (χ0) is 13.9. The van der Waals surface area contributed by atoms with Crippen LogP contribution in [0.2, 0.25) is 0 Å². The smallest absolute Gasteiger partial charge is 0.238 e. The van der Waals surface area contributed by atoms with Gasteiger partial charge >= 0.3 is 0 Å². The molecule has 0 N–H and O–H groups in total. The molecule has 0 saturated carbocycles. The van der Waals surface area contributed by atoms with Gasteiger partial charge in [0.1, 0.15) is 17.1 Å². The molecule has 19 heavy (non-hydrogen) atoms. The molecule has 2 rings (SSSR count). The Kier molecular flexibility index (Phi) is 4.16. The SMILES string of the molecule is CCCn1nnc(CS(=O)(=O)Cl)c1-c1ccccn1. The van der Waals surface area contributed by atoms with Crippen molar-refractivity contribution in [2.45, 2.75) is 25.6 Å². The summed E-state index contributed by atoms with van der Waals surface area (Å²) in [4.78, 5) is 4.22. The molecule has 0 bridgehead atoms. The average molecular weight is 301 g/mol. The number of rotatable bonds is 5. The third-order valence-corrected chi connectivity index (χ3v) is 3.40. The molecule has 0 fully saturated rings. The first-order valence-electron chi connectivity index (χ1n) is 5.77. The second-order valence-corrected chi connectivity index (χ2v) is 6.78. The van der Waals surface area contributed by atoms with Crippen LogP contribution in [-0.2, 0) is 21.3 Å². The van der Waals surface area contributed by atoms with Crippen LogP contribution in [0.25, 0.3) is 11.4 Å². The van der Waals surface area contributed by atoms with Crippen LogP contribution >= 0.6 is 10.7 Å². The van der Waals surface area contributed by atoms with Crippen LogP contribution in [0.3, 0.4) is 0 Å². The summed E-state index contributed by atoms with van der Waals surface area (Å²) < 4.78 is 24.1. The Bertz CT molecular complexity index is 655. The second-order valence-electron chi connectivity index (χ2n) is 4.01. The van der Waals surface area contributed by atoms with Gasteiger partial charge in [0.25, 0.3) is 0 Å². The first kappa shape index (κ1) is 14.0. The molecule has 2 heterocycles. The van der Waals surface area contributed by atoms with Crippen LogP contribution in [0.15, 0.2) is 24.4 Å². The van der Waals surface area contributed by atoms with E-state index < -0.39 is 9.05 Å². The molecular formula is C11H13ClN4O2S. The number of hydrogen-bond acceptors (Lipinski definition) is 5. The molecule has 0 aliphatic carbocycles. The van der Waals surface area contributed by atoms with E-state index in [0.29, 0.717) is 23.6 Å². The van der Waals surface area contributed by atoms with E-state index in [1.807, 2.05) is 13.0 Å². The van der Waals surface area contributed by atoms with Crippen molar-refractivity contribution >= 4 is 19.7 Å². The molecular weight excluding hydrogens is 288 g/mol. The Morgan fingerprint density at radius 1 is 1.37 bits per heavy atom. The highest BCUT2D eigenvalue weighted by molar-refractivity contribution is 8.13. The Morgan fingerprint density at radius 3 is 2.74 bits per heavy atom. The van der Waals surface area contributed by atoms with E-state index >= 15 is 0 Å². The minimum absolute atomic E-state index is 0.321. The average Bonchev–Trinajstić information content (AvgIpc) is 2.71. The number of aromatic nitrogens is 4. The topological polar surface area (TPSA) is 77.7 Å². The third-order valence-electron chi connectivity index (χ3n) is 2.46. The van der Waals surface area contributed by atoms with Gasteiger partial charge in [-0.2, -0.15) is 0 Å². The van der Waals surface area contributed by atoms with E-state index in [4.69, 9.17) is 10.7 Å². The van der Waals surface area contributed by atoms with E-state index in [1.165, 1.54) is 0 Å². The largest absolute Gasteiger partial charge is 0.255 e. The predicted octanol–water partition coefficient (Wildman–Crippen LogP) is 1.82. The molecule has 0 aliphatic heterocycles. The second kappa shape index (κ2) is 5.66. The summed E-state index contributed by atoms with van der Waals surface area (Å²) in [5.74, 6) is -0.357. The number of hydrogen-bond donors (Lipinski definition) is 0. The molecule has 102 valence electrons. The molecule has 8 heteroatoms.